The number of rotatable bonds is 6. The van der Waals surface area contributed by atoms with Gasteiger partial charge in [0, 0.05) is 19.2 Å². The molecule has 2 heterocycles. The van der Waals surface area contributed by atoms with Crippen molar-refractivity contribution < 1.29 is 18.7 Å². The van der Waals surface area contributed by atoms with Crippen LogP contribution in [0.4, 0.5) is 0 Å². The van der Waals surface area contributed by atoms with Gasteiger partial charge in [0.1, 0.15) is 23.9 Å². The summed E-state index contributed by atoms with van der Waals surface area (Å²) in [6.07, 6.45) is 5.73. The number of likely N-dealkylation sites (tertiary alicyclic amines) is 1. The highest BCUT2D eigenvalue weighted by molar-refractivity contribution is 5.97. The van der Waals surface area contributed by atoms with Gasteiger partial charge in [0.25, 0.3) is 5.91 Å². The van der Waals surface area contributed by atoms with Crippen LogP contribution < -0.4 is 15.2 Å². The number of furan rings is 1. The number of carbonyl (C=O) groups excluding carboxylic acids is 1. The summed E-state index contributed by atoms with van der Waals surface area (Å²) in [4.78, 5) is 15.3. The molecule has 0 saturated carbocycles. The number of ether oxygens (including phenoxy) is 2. The Bertz CT molecular complexity index is 715. The summed E-state index contributed by atoms with van der Waals surface area (Å²) >= 11 is 0. The van der Waals surface area contributed by atoms with E-state index in [1.165, 1.54) is 0 Å². The molecule has 6 nitrogen and oxygen atoms in total. The topological polar surface area (TPSA) is 77.9 Å². The van der Waals surface area contributed by atoms with Gasteiger partial charge in [-0.2, -0.15) is 0 Å². The van der Waals surface area contributed by atoms with E-state index in [2.05, 4.69) is 0 Å². The average molecular weight is 358 g/mol. The highest BCUT2D eigenvalue weighted by Crippen LogP contribution is 2.34. The summed E-state index contributed by atoms with van der Waals surface area (Å²) in [5.41, 5.74) is 6.08. The van der Waals surface area contributed by atoms with Gasteiger partial charge < -0.3 is 24.5 Å². The zero-order chi connectivity index (χ0) is 18.4. The zero-order valence-electron chi connectivity index (χ0n) is 15.1. The molecule has 1 atom stereocenters. The van der Waals surface area contributed by atoms with Crippen molar-refractivity contribution in [2.75, 3.05) is 26.8 Å². The van der Waals surface area contributed by atoms with Crippen LogP contribution in [0.1, 0.15) is 47.8 Å². The van der Waals surface area contributed by atoms with Gasteiger partial charge in [0.2, 0.25) is 0 Å². The smallest absolute Gasteiger partial charge is 0.258 e. The Morgan fingerprint density at radius 2 is 2.19 bits per heavy atom. The van der Waals surface area contributed by atoms with E-state index in [-0.39, 0.29) is 11.9 Å². The van der Waals surface area contributed by atoms with Crippen molar-refractivity contribution in [1.29, 1.82) is 0 Å². The maximum absolute atomic E-state index is 13.4. The van der Waals surface area contributed by atoms with Crippen LogP contribution in [0.3, 0.4) is 0 Å². The van der Waals surface area contributed by atoms with Crippen molar-refractivity contribution in [3.05, 3.63) is 47.9 Å². The van der Waals surface area contributed by atoms with Crippen LogP contribution >= 0.6 is 0 Å². The van der Waals surface area contributed by atoms with E-state index >= 15 is 0 Å². The van der Waals surface area contributed by atoms with Gasteiger partial charge in [0.15, 0.2) is 0 Å². The first-order valence-electron chi connectivity index (χ1n) is 9.10. The highest BCUT2D eigenvalue weighted by Gasteiger charge is 2.30. The average Bonchev–Trinajstić information content (AvgIpc) is 3.10. The number of hydrogen-bond acceptors (Lipinski definition) is 5. The molecular weight excluding hydrogens is 332 g/mol. The number of hydrogen-bond donors (Lipinski definition) is 1. The predicted octanol–water partition coefficient (Wildman–Crippen LogP) is 3.38. The minimum absolute atomic E-state index is 0.0514. The molecule has 1 aromatic carbocycles. The van der Waals surface area contributed by atoms with Gasteiger partial charge >= 0.3 is 0 Å². The lowest BCUT2D eigenvalue weighted by Crippen LogP contribution is -2.35. The molecule has 26 heavy (non-hydrogen) atoms. The molecule has 1 aliphatic heterocycles. The van der Waals surface area contributed by atoms with Gasteiger partial charge in [-0.3, -0.25) is 4.79 Å². The first-order valence-corrected chi connectivity index (χ1v) is 9.10. The molecule has 6 heteroatoms. The van der Waals surface area contributed by atoms with Gasteiger partial charge in [-0.15, -0.1) is 0 Å². The Hall–Kier alpha value is -2.47. The second-order valence-corrected chi connectivity index (χ2v) is 6.38. The maximum atomic E-state index is 13.4. The Labute approximate surface area is 153 Å². The molecule has 140 valence electrons. The van der Waals surface area contributed by atoms with Crippen LogP contribution in [0.2, 0.25) is 0 Å². The molecule has 1 saturated heterocycles. The van der Waals surface area contributed by atoms with Crippen LogP contribution in [0.5, 0.6) is 11.5 Å². The van der Waals surface area contributed by atoms with Crippen molar-refractivity contribution >= 4 is 5.91 Å². The molecule has 1 aromatic heterocycles. The third-order valence-electron chi connectivity index (χ3n) is 4.68. The van der Waals surface area contributed by atoms with E-state index < -0.39 is 0 Å². The first-order chi connectivity index (χ1) is 12.7. The second kappa shape index (κ2) is 8.76. The third kappa shape index (κ3) is 4.02. The summed E-state index contributed by atoms with van der Waals surface area (Å²) in [6, 6.07) is 9.04. The molecule has 2 N–H and O–H groups in total. The van der Waals surface area contributed by atoms with E-state index in [1.807, 2.05) is 17.0 Å². The first kappa shape index (κ1) is 18.3. The number of methoxy groups -OCH3 is 1. The van der Waals surface area contributed by atoms with Gasteiger partial charge in [-0.25, -0.2) is 0 Å². The minimum Gasteiger partial charge on any atom is -0.497 e. The van der Waals surface area contributed by atoms with E-state index in [0.29, 0.717) is 36.8 Å². The summed E-state index contributed by atoms with van der Waals surface area (Å²) in [7, 11) is 1.59. The second-order valence-electron chi connectivity index (χ2n) is 6.38. The standard InChI is InChI=1S/C20H26N2O4/c1-24-15-8-9-16(19(14-15)26-13-10-21)20(23)22-11-4-2-3-6-17(22)18-7-5-12-25-18/h5,7-9,12,14,17H,2-4,6,10-11,13,21H2,1H3. The molecule has 0 radical (unpaired) electrons. The largest absolute Gasteiger partial charge is 0.497 e. The van der Waals surface area contributed by atoms with Gasteiger partial charge in [-0.05, 0) is 37.1 Å². The quantitative estimate of drug-likeness (QED) is 0.856. The molecule has 0 aliphatic carbocycles. The number of carbonyl (C=O) groups is 1. The van der Waals surface area contributed by atoms with Crippen molar-refractivity contribution in [2.24, 2.45) is 5.73 Å². The fourth-order valence-electron chi connectivity index (χ4n) is 3.38. The molecule has 1 aliphatic rings. The number of nitrogens with zero attached hydrogens (tertiary/aromatic N) is 1. The van der Waals surface area contributed by atoms with Gasteiger partial charge in [0.05, 0.1) is 25.0 Å². The zero-order valence-corrected chi connectivity index (χ0v) is 15.1. The van der Waals surface area contributed by atoms with Crippen LogP contribution in [-0.4, -0.2) is 37.6 Å². The van der Waals surface area contributed by atoms with Crippen molar-refractivity contribution in [1.82, 2.24) is 4.90 Å². The summed E-state index contributed by atoms with van der Waals surface area (Å²) in [6.45, 7) is 1.42. The molecule has 3 rings (SSSR count). The Morgan fingerprint density at radius 3 is 2.92 bits per heavy atom. The molecule has 1 fully saturated rings. The molecule has 0 spiro atoms. The Morgan fingerprint density at radius 1 is 1.31 bits per heavy atom. The molecule has 1 unspecified atom stereocenters. The third-order valence-corrected chi connectivity index (χ3v) is 4.68. The van der Waals surface area contributed by atoms with E-state index in [0.717, 1.165) is 31.4 Å². The lowest BCUT2D eigenvalue weighted by atomic mass is 10.1. The normalized spacial score (nSPS) is 17.6. The lowest BCUT2D eigenvalue weighted by Gasteiger charge is -2.29. The monoisotopic (exact) mass is 358 g/mol. The lowest BCUT2D eigenvalue weighted by molar-refractivity contribution is 0.0654. The van der Waals surface area contributed by atoms with E-state index in [4.69, 9.17) is 19.6 Å². The molecule has 0 bridgehead atoms. The molecule has 2 aromatic rings. The maximum Gasteiger partial charge on any atom is 0.258 e. The predicted molar refractivity (Wildman–Crippen MR) is 98.5 cm³/mol. The Balaban J connectivity index is 1.92. The number of nitrogens with two attached hydrogens (primary N) is 1. The number of benzene rings is 1. The van der Waals surface area contributed by atoms with Gasteiger partial charge in [-0.1, -0.05) is 12.8 Å². The fourth-order valence-corrected chi connectivity index (χ4v) is 3.38. The van der Waals surface area contributed by atoms with Crippen LogP contribution in [-0.2, 0) is 0 Å². The Kier molecular flexibility index (Phi) is 6.17. The van der Waals surface area contributed by atoms with E-state index in [1.54, 1.807) is 31.6 Å². The molecular formula is C20H26N2O4. The van der Waals surface area contributed by atoms with Crippen molar-refractivity contribution in [2.45, 2.75) is 31.7 Å². The van der Waals surface area contributed by atoms with E-state index in [9.17, 15) is 4.79 Å². The van der Waals surface area contributed by atoms with Crippen LogP contribution in [0.25, 0.3) is 0 Å². The molecule has 1 amide bonds. The fraction of sp³-hybridized carbons (Fsp3) is 0.450. The summed E-state index contributed by atoms with van der Waals surface area (Å²) in [5.74, 6) is 1.93. The highest BCUT2D eigenvalue weighted by atomic mass is 16.5. The van der Waals surface area contributed by atoms with Crippen molar-refractivity contribution in [3.63, 3.8) is 0 Å². The van der Waals surface area contributed by atoms with Crippen LogP contribution in [0.15, 0.2) is 41.0 Å². The number of amides is 1. The minimum atomic E-state index is -0.0528. The summed E-state index contributed by atoms with van der Waals surface area (Å²) < 4.78 is 16.6. The SMILES string of the molecule is COc1ccc(C(=O)N2CCCCCC2c2ccco2)c(OCCN)c1. The van der Waals surface area contributed by atoms with Crippen LogP contribution in [0, 0.1) is 0 Å². The van der Waals surface area contributed by atoms with Crippen molar-refractivity contribution in [3.8, 4) is 11.5 Å². The summed E-state index contributed by atoms with van der Waals surface area (Å²) in [5, 5.41) is 0.